The van der Waals surface area contributed by atoms with Crippen LogP contribution in [-0.2, 0) is 4.79 Å². The number of halogens is 1. The first-order valence-corrected chi connectivity index (χ1v) is 7.72. The van der Waals surface area contributed by atoms with Gasteiger partial charge in [0.2, 0.25) is 5.91 Å². The molecule has 0 N–H and O–H groups in total. The van der Waals surface area contributed by atoms with Crippen molar-refractivity contribution in [2.75, 3.05) is 18.4 Å². The molecule has 16 heavy (non-hydrogen) atoms. The molecule has 2 nitrogen and oxygen atoms in total. The van der Waals surface area contributed by atoms with E-state index in [2.05, 4.69) is 20.8 Å². The minimum Gasteiger partial charge on any atom is -0.342 e. The number of amides is 1. The summed E-state index contributed by atoms with van der Waals surface area (Å²) in [5.41, 5.74) is 0.389. The lowest BCUT2D eigenvalue weighted by Crippen LogP contribution is -2.40. The van der Waals surface area contributed by atoms with Crippen molar-refractivity contribution in [3.8, 4) is 0 Å². The summed E-state index contributed by atoms with van der Waals surface area (Å²) in [6.45, 7) is 1.99. The van der Waals surface area contributed by atoms with Gasteiger partial charge in [0, 0.05) is 24.8 Å². The third kappa shape index (κ3) is 2.79. The molecule has 3 heteroatoms. The highest BCUT2D eigenvalue weighted by atomic mass is 79.9. The molecule has 0 aromatic heterocycles. The molecule has 0 aromatic carbocycles. The molecule has 0 radical (unpaired) electrons. The Labute approximate surface area is 107 Å². The van der Waals surface area contributed by atoms with Gasteiger partial charge in [-0.2, -0.15) is 0 Å². The van der Waals surface area contributed by atoms with E-state index >= 15 is 0 Å². The second-order valence-corrected chi connectivity index (χ2v) is 6.03. The Kier molecular flexibility index (Phi) is 4.28. The van der Waals surface area contributed by atoms with Gasteiger partial charge in [-0.25, -0.2) is 0 Å². The van der Waals surface area contributed by atoms with Crippen LogP contribution in [0.3, 0.4) is 0 Å². The van der Waals surface area contributed by atoms with Gasteiger partial charge < -0.3 is 4.90 Å². The van der Waals surface area contributed by atoms with E-state index in [-0.39, 0.29) is 0 Å². The van der Waals surface area contributed by atoms with Crippen LogP contribution >= 0.6 is 15.9 Å². The van der Waals surface area contributed by atoms with Crippen LogP contribution in [0.15, 0.2) is 0 Å². The number of carbonyl (C=O) groups excluding carboxylic acids is 1. The molecule has 0 atom stereocenters. The normalized spacial score (nSPS) is 25.8. The van der Waals surface area contributed by atoms with E-state index in [1.807, 2.05) is 0 Å². The van der Waals surface area contributed by atoms with Crippen molar-refractivity contribution in [1.29, 1.82) is 0 Å². The Morgan fingerprint density at radius 1 is 1.12 bits per heavy atom. The van der Waals surface area contributed by atoms with Crippen molar-refractivity contribution >= 4 is 21.8 Å². The molecular weight excluding hydrogens is 266 g/mol. The summed E-state index contributed by atoms with van der Waals surface area (Å²) < 4.78 is 0. The molecular formula is C13H22BrNO. The maximum absolute atomic E-state index is 12.0. The van der Waals surface area contributed by atoms with Crippen LogP contribution < -0.4 is 0 Å². The Morgan fingerprint density at radius 2 is 1.88 bits per heavy atom. The number of hydrogen-bond acceptors (Lipinski definition) is 1. The van der Waals surface area contributed by atoms with Gasteiger partial charge in [0.15, 0.2) is 0 Å². The second kappa shape index (κ2) is 5.52. The van der Waals surface area contributed by atoms with Crippen LogP contribution in [0.1, 0.15) is 51.4 Å². The van der Waals surface area contributed by atoms with E-state index in [1.54, 1.807) is 0 Å². The number of hydrogen-bond donors (Lipinski definition) is 0. The maximum Gasteiger partial charge on any atom is 0.222 e. The molecule has 1 aliphatic heterocycles. The summed E-state index contributed by atoms with van der Waals surface area (Å²) in [7, 11) is 0. The van der Waals surface area contributed by atoms with Gasteiger partial charge in [0.1, 0.15) is 0 Å². The SMILES string of the molecule is O=C1CCCCCN1CC1(CBr)CCCC1. The van der Waals surface area contributed by atoms with Gasteiger partial charge in [0.25, 0.3) is 0 Å². The molecule has 2 aliphatic rings. The summed E-state index contributed by atoms with van der Waals surface area (Å²) in [5.74, 6) is 0.393. The van der Waals surface area contributed by atoms with Gasteiger partial charge >= 0.3 is 0 Å². The summed E-state index contributed by atoms with van der Waals surface area (Å²) in [6.07, 6.45) is 9.56. The second-order valence-electron chi connectivity index (χ2n) is 5.47. The van der Waals surface area contributed by atoms with Crippen molar-refractivity contribution in [2.24, 2.45) is 5.41 Å². The lowest BCUT2D eigenvalue weighted by molar-refractivity contribution is -0.132. The average molecular weight is 288 g/mol. The molecule has 0 spiro atoms. The van der Waals surface area contributed by atoms with Crippen molar-refractivity contribution in [3.05, 3.63) is 0 Å². The number of carbonyl (C=O) groups is 1. The van der Waals surface area contributed by atoms with Gasteiger partial charge in [-0.15, -0.1) is 0 Å². The highest BCUT2D eigenvalue weighted by Gasteiger charge is 2.35. The highest BCUT2D eigenvalue weighted by molar-refractivity contribution is 9.09. The molecule has 0 bridgehead atoms. The number of likely N-dealkylation sites (tertiary alicyclic amines) is 1. The Hall–Kier alpha value is -0.0500. The van der Waals surface area contributed by atoms with Gasteiger partial charge in [-0.05, 0) is 31.1 Å². The third-order valence-electron chi connectivity index (χ3n) is 4.15. The minimum atomic E-state index is 0.389. The average Bonchev–Trinajstić information content (AvgIpc) is 2.67. The van der Waals surface area contributed by atoms with E-state index in [4.69, 9.17) is 0 Å². The van der Waals surface area contributed by atoms with E-state index < -0.39 is 0 Å². The Balaban J connectivity index is 1.97. The number of nitrogens with zero attached hydrogens (tertiary/aromatic N) is 1. The van der Waals surface area contributed by atoms with Crippen molar-refractivity contribution in [3.63, 3.8) is 0 Å². The first-order chi connectivity index (χ1) is 7.76. The fraction of sp³-hybridized carbons (Fsp3) is 0.923. The Bertz CT molecular complexity index is 248. The molecule has 1 saturated heterocycles. The first kappa shape index (κ1) is 12.4. The van der Waals surface area contributed by atoms with Crippen LogP contribution in [0.25, 0.3) is 0 Å². The lowest BCUT2D eigenvalue weighted by atomic mass is 9.88. The summed E-state index contributed by atoms with van der Waals surface area (Å²) >= 11 is 3.66. The zero-order chi connectivity index (χ0) is 11.4. The topological polar surface area (TPSA) is 20.3 Å². The zero-order valence-electron chi connectivity index (χ0n) is 10.0. The quantitative estimate of drug-likeness (QED) is 0.729. The largest absolute Gasteiger partial charge is 0.342 e. The number of alkyl halides is 1. The van der Waals surface area contributed by atoms with Crippen LogP contribution in [0, 0.1) is 5.41 Å². The molecule has 1 amide bonds. The number of rotatable bonds is 3. The van der Waals surface area contributed by atoms with Crippen LogP contribution in [0.4, 0.5) is 0 Å². The van der Waals surface area contributed by atoms with E-state index in [0.717, 1.165) is 31.3 Å². The molecule has 1 saturated carbocycles. The van der Waals surface area contributed by atoms with Crippen LogP contribution in [0.5, 0.6) is 0 Å². The predicted molar refractivity (Wildman–Crippen MR) is 69.7 cm³/mol. The fourth-order valence-electron chi connectivity index (χ4n) is 3.07. The van der Waals surface area contributed by atoms with Crippen LogP contribution in [0.2, 0.25) is 0 Å². The summed E-state index contributed by atoms with van der Waals surface area (Å²) in [6, 6.07) is 0. The first-order valence-electron chi connectivity index (χ1n) is 6.60. The smallest absolute Gasteiger partial charge is 0.222 e. The minimum absolute atomic E-state index is 0.389. The highest BCUT2D eigenvalue weighted by Crippen LogP contribution is 2.40. The maximum atomic E-state index is 12.0. The van der Waals surface area contributed by atoms with Gasteiger partial charge in [-0.3, -0.25) is 4.79 Å². The van der Waals surface area contributed by atoms with Crippen molar-refractivity contribution in [2.45, 2.75) is 51.4 Å². The molecule has 0 unspecified atom stereocenters. The monoisotopic (exact) mass is 287 g/mol. The van der Waals surface area contributed by atoms with E-state index in [0.29, 0.717) is 11.3 Å². The fourth-order valence-corrected chi connectivity index (χ4v) is 3.81. The molecule has 1 heterocycles. The van der Waals surface area contributed by atoms with Crippen molar-refractivity contribution < 1.29 is 4.79 Å². The lowest BCUT2D eigenvalue weighted by Gasteiger charge is -2.33. The van der Waals surface area contributed by atoms with E-state index in [9.17, 15) is 4.79 Å². The molecule has 2 rings (SSSR count). The van der Waals surface area contributed by atoms with Gasteiger partial charge in [-0.1, -0.05) is 35.2 Å². The zero-order valence-corrected chi connectivity index (χ0v) is 11.6. The molecule has 0 aromatic rings. The molecule has 2 fully saturated rings. The third-order valence-corrected chi connectivity index (χ3v) is 5.33. The van der Waals surface area contributed by atoms with Crippen molar-refractivity contribution in [1.82, 2.24) is 4.90 Å². The summed E-state index contributed by atoms with van der Waals surface area (Å²) in [5, 5.41) is 1.06. The van der Waals surface area contributed by atoms with E-state index in [1.165, 1.54) is 38.5 Å². The Morgan fingerprint density at radius 3 is 2.56 bits per heavy atom. The van der Waals surface area contributed by atoms with Gasteiger partial charge in [0.05, 0.1) is 0 Å². The molecule has 1 aliphatic carbocycles. The predicted octanol–water partition coefficient (Wildman–Crippen LogP) is 3.34. The standard InChI is InChI=1S/C13H22BrNO/c14-10-13(7-3-4-8-13)11-15-9-5-1-2-6-12(15)16/h1-11H2. The van der Waals surface area contributed by atoms with Crippen LogP contribution in [-0.4, -0.2) is 29.2 Å². The molecule has 92 valence electrons. The summed E-state index contributed by atoms with van der Waals surface area (Å²) in [4.78, 5) is 14.1.